The summed E-state index contributed by atoms with van der Waals surface area (Å²) < 4.78 is 5.71. The average Bonchev–Trinajstić information content (AvgIpc) is 3.24. The number of hydrogen-bond donors (Lipinski definition) is 1. The number of rotatable bonds is 3. The summed E-state index contributed by atoms with van der Waals surface area (Å²) in [7, 11) is 0. The van der Waals surface area contributed by atoms with Crippen molar-refractivity contribution >= 4 is 11.8 Å². The lowest BCUT2D eigenvalue weighted by Crippen LogP contribution is -2.49. The van der Waals surface area contributed by atoms with Gasteiger partial charge in [0.05, 0.1) is 12.0 Å². The molecule has 0 aromatic heterocycles. The van der Waals surface area contributed by atoms with Crippen LogP contribution in [0.4, 0.5) is 0 Å². The number of piperidine rings is 1. The molecule has 3 atom stereocenters. The zero-order valence-electron chi connectivity index (χ0n) is 13.2. The molecule has 22 heavy (non-hydrogen) atoms. The van der Waals surface area contributed by atoms with Crippen LogP contribution in [0.2, 0.25) is 0 Å². The third kappa shape index (κ3) is 3.27. The number of carbonyl (C=O) groups is 2. The third-order valence-corrected chi connectivity index (χ3v) is 5.15. The maximum absolute atomic E-state index is 12.6. The molecule has 0 bridgehead atoms. The first-order valence-electron chi connectivity index (χ1n) is 8.62. The van der Waals surface area contributed by atoms with Gasteiger partial charge in [0.2, 0.25) is 5.91 Å². The third-order valence-electron chi connectivity index (χ3n) is 5.15. The predicted octanol–water partition coefficient (Wildman–Crippen LogP) is 0.354. The summed E-state index contributed by atoms with van der Waals surface area (Å²) in [6, 6.07) is 0. The molecule has 2 N–H and O–H groups in total. The van der Waals surface area contributed by atoms with E-state index in [9.17, 15) is 9.59 Å². The van der Waals surface area contributed by atoms with Gasteiger partial charge in [0.25, 0.3) is 5.91 Å². The number of nitrogens with zero attached hydrogens (tertiary/aromatic N) is 2. The van der Waals surface area contributed by atoms with Crippen molar-refractivity contribution in [2.75, 3.05) is 32.7 Å². The van der Waals surface area contributed by atoms with Crippen molar-refractivity contribution in [3.8, 4) is 0 Å². The lowest BCUT2D eigenvalue weighted by molar-refractivity contribution is -0.147. The molecule has 124 valence electrons. The molecule has 3 aliphatic rings. The van der Waals surface area contributed by atoms with Crippen molar-refractivity contribution in [2.24, 2.45) is 11.7 Å². The molecular formula is C16H27N3O3. The monoisotopic (exact) mass is 309 g/mol. The lowest BCUT2D eigenvalue weighted by Gasteiger charge is -2.35. The van der Waals surface area contributed by atoms with Gasteiger partial charge in [-0.1, -0.05) is 0 Å². The van der Waals surface area contributed by atoms with Crippen molar-refractivity contribution in [1.29, 1.82) is 0 Å². The van der Waals surface area contributed by atoms with E-state index >= 15 is 0 Å². The van der Waals surface area contributed by atoms with Gasteiger partial charge in [-0.2, -0.15) is 0 Å². The second kappa shape index (κ2) is 6.96. The van der Waals surface area contributed by atoms with E-state index in [2.05, 4.69) is 0 Å². The fraction of sp³-hybridized carbons (Fsp3) is 0.875. The maximum Gasteiger partial charge on any atom is 0.251 e. The van der Waals surface area contributed by atoms with E-state index in [1.807, 2.05) is 9.80 Å². The fourth-order valence-corrected chi connectivity index (χ4v) is 3.84. The number of likely N-dealkylation sites (tertiary alicyclic amines) is 2. The topological polar surface area (TPSA) is 75.9 Å². The smallest absolute Gasteiger partial charge is 0.251 e. The van der Waals surface area contributed by atoms with E-state index in [-0.39, 0.29) is 29.9 Å². The van der Waals surface area contributed by atoms with Crippen LogP contribution in [-0.2, 0) is 14.3 Å². The number of hydrogen-bond acceptors (Lipinski definition) is 4. The minimum Gasteiger partial charge on any atom is -0.364 e. The van der Waals surface area contributed by atoms with Crippen molar-refractivity contribution in [2.45, 2.75) is 50.7 Å². The zero-order chi connectivity index (χ0) is 15.5. The molecule has 3 saturated heterocycles. The number of amides is 2. The molecule has 2 amide bonds. The summed E-state index contributed by atoms with van der Waals surface area (Å²) >= 11 is 0. The van der Waals surface area contributed by atoms with Crippen LogP contribution < -0.4 is 5.73 Å². The van der Waals surface area contributed by atoms with E-state index in [0.29, 0.717) is 13.1 Å². The van der Waals surface area contributed by atoms with Gasteiger partial charge in [0.1, 0.15) is 6.10 Å². The fourth-order valence-electron chi connectivity index (χ4n) is 3.84. The molecule has 6 nitrogen and oxygen atoms in total. The van der Waals surface area contributed by atoms with E-state index in [1.54, 1.807) is 0 Å². The summed E-state index contributed by atoms with van der Waals surface area (Å²) in [5, 5.41) is 0. The van der Waals surface area contributed by atoms with E-state index < -0.39 is 0 Å². The van der Waals surface area contributed by atoms with Crippen LogP contribution in [0.25, 0.3) is 0 Å². The molecule has 0 radical (unpaired) electrons. The van der Waals surface area contributed by atoms with Gasteiger partial charge in [0.15, 0.2) is 0 Å². The van der Waals surface area contributed by atoms with Gasteiger partial charge in [-0.05, 0) is 38.5 Å². The molecule has 1 unspecified atom stereocenters. The summed E-state index contributed by atoms with van der Waals surface area (Å²) in [5.41, 5.74) is 5.61. The number of nitrogens with two attached hydrogens (primary N) is 1. The molecule has 0 aromatic rings. The molecule has 3 aliphatic heterocycles. The lowest BCUT2D eigenvalue weighted by atomic mass is 9.96. The highest BCUT2D eigenvalue weighted by Crippen LogP contribution is 2.25. The van der Waals surface area contributed by atoms with Crippen LogP contribution in [-0.4, -0.2) is 66.5 Å². The van der Waals surface area contributed by atoms with Crippen LogP contribution in [0, 0.1) is 5.92 Å². The Hall–Kier alpha value is -1.14. The Bertz CT molecular complexity index is 423. The molecule has 0 aromatic carbocycles. The highest BCUT2D eigenvalue weighted by atomic mass is 16.5. The van der Waals surface area contributed by atoms with Crippen LogP contribution in [0.3, 0.4) is 0 Å². The average molecular weight is 309 g/mol. The zero-order valence-corrected chi connectivity index (χ0v) is 13.2. The van der Waals surface area contributed by atoms with Gasteiger partial charge in [-0.3, -0.25) is 9.59 Å². The minimum atomic E-state index is -0.353. The summed E-state index contributed by atoms with van der Waals surface area (Å²) in [6.45, 7) is 3.54. The van der Waals surface area contributed by atoms with Crippen LogP contribution in [0.1, 0.15) is 38.5 Å². The summed E-state index contributed by atoms with van der Waals surface area (Å²) in [6.07, 6.45) is 5.29. The van der Waals surface area contributed by atoms with E-state index in [4.69, 9.17) is 10.5 Å². The highest BCUT2D eigenvalue weighted by molar-refractivity contribution is 5.83. The van der Waals surface area contributed by atoms with Crippen molar-refractivity contribution < 1.29 is 14.3 Å². The van der Waals surface area contributed by atoms with Gasteiger partial charge in [-0.15, -0.1) is 0 Å². The molecule has 3 heterocycles. The molecule has 0 saturated carbocycles. The molecule has 0 aliphatic carbocycles. The minimum absolute atomic E-state index is 0.0146. The Morgan fingerprint density at radius 1 is 0.955 bits per heavy atom. The Kier molecular flexibility index (Phi) is 4.98. The Morgan fingerprint density at radius 3 is 2.36 bits per heavy atom. The van der Waals surface area contributed by atoms with Crippen LogP contribution in [0.15, 0.2) is 0 Å². The van der Waals surface area contributed by atoms with Gasteiger partial charge < -0.3 is 20.3 Å². The number of carbonyl (C=O) groups excluding carboxylic acids is 2. The molecule has 0 spiro atoms. The highest BCUT2D eigenvalue weighted by Gasteiger charge is 2.37. The SMILES string of the molecule is NC[C@H]1CC[C@@H](C(=O)N2CCCC(C(=O)N3CCCC3)C2)O1. The summed E-state index contributed by atoms with van der Waals surface area (Å²) in [5.74, 6) is 0.263. The van der Waals surface area contributed by atoms with Gasteiger partial charge in [0, 0.05) is 32.7 Å². The van der Waals surface area contributed by atoms with E-state index in [1.165, 1.54) is 0 Å². The first-order chi connectivity index (χ1) is 10.7. The first kappa shape index (κ1) is 15.7. The Balaban J connectivity index is 1.56. The van der Waals surface area contributed by atoms with Crippen molar-refractivity contribution in [1.82, 2.24) is 9.80 Å². The Labute approximate surface area is 131 Å². The van der Waals surface area contributed by atoms with Gasteiger partial charge >= 0.3 is 0 Å². The quantitative estimate of drug-likeness (QED) is 0.816. The standard InChI is InChI=1S/C16H27N3O3/c17-10-13-5-6-14(22-13)16(21)19-9-3-4-12(11-19)15(20)18-7-1-2-8-18/h12-14H,1-11,17H2/t12?,13-,14+/m1/s1. The van der Waals surface area contributed by atoms with Crippen LogP contribution >= 0.6 is 0 Å². The van der Waals surface area contributed by atoms with Gasteiger partial charge in [-0.25, -0.2) is 0 Å². The Morgan fingerprint density at radius 2 is 1.68 bits per heavy atom. The predicted molar refractivity (Wildman–Crippen MR) is 82.1 cm³/mol. The first-order valence-corrected chi connectivity index (χ1v) is 8.62. The molecular weight excluding hydrogens is 282 g/mol. The van der Waals surface area contributed by atoms with E-state index in [0.717, 1.165) is 58.2 Å². The van der Waals surface area contributed by atoms with Crippen molar-refractivity contribution in [3.63, 3.8) is 0 Å². The maximum atomic E-state index is 12.6. The number of ether oxygens (including phenoxy) is 1. The normalized spacial score (nSPS) is 32.5. The molecule has 6 heteroatoms. The second-order valence-electron chi connectivity index (χ2n) is 6.72. The second-order valence-corrected chi connectivity index (χ2v) is 6.72. The molecule has 3 rings (SSSR count). The van der Waals surface area contributed by atoms with Crippen molar-refractivity contribution in [3.05, 3.63) is 0 Å². The summed E-state index contributed by atoms with van der Waals surface area (Å²) in [4.78, 5) is 28.9. The molecule has 3 fully saturated rings. The van der Waals surface area contributed by atoms with Crippen LogP contribution in [0.5, 0.6) is 0 Å². The largest absolute Gasteiger partial charge is 0.364 e.